The van der Waals surface area contributed by atoms with Crippen molar-refractivity contribution >= 4 is 17.6 Å². The minimum absolute atomic E-state index is 0.0310. The van der Waals surface area contributed by atoms with Crippen LogP contribution in [0.3, 0.4) is 0 Å². The van der Waals surface area contributed by atoms with Crippen LogP contribution in [-0.2, 0) is 18.4 Å². The topological polar surface area (TPSA) is 70.4 Å². The molecular formula is C14H23ClN4O2. The standard InChI is InChI=1S/C14H23ClN4O2/c1-10-14(15)12(18(2)17-10)9-19-5-3-4-11(8-19)6-16-7-13(20)21/h11,16H,3-9H2,1-2H3,(H,20,21). The first-order chi connectivity index (χ1) is 9.97. The van der Waals surface area contributed by atoms with Crippen molar-refractivity contribution < 1.29 is 9.90 Å². The number of carboxylic acid groups (broad SMARTS) is 1. The predicted octanol–water partition coefficient (Wildman–Crippen LogP) is 1.27. The number of aromatic nitrogens is 2. The SMILES string of the molecule is Cc1nn(C)c(CN2CCCC(CNCC(=O)O)C2)c1Cl. The van der Waals surface area contributed by atoms with Crippen LogP contribution in [0.15, 0.2) is 0 Å². The van der Waals surface area contributed by atoms with Crippen molar-refractivity contribution in [1.29, 1.82) is 0 Å². The Balaban J connectivity index is 1.87. The quantitative estimate of drug-likeness (QED) is 0.827. The number of carboxylic acids is 1. The number of halogens is 1. The smallest absolute Gasteiger partial charge is 0.317 e. The van der Waals surface area contributed by atoms with Crippen molar-refractivity contribution in [3.8, 4) is 0 Å². The molecule has 0 bridgehead atoms. The lowest BCUT2D eigenvalue weighted by atomic mass is 9.98. The van der Waals surface area contributed by atoms with Crippen LogP contribution in [-0.4, -0.2) is 51.9 Å². The minimum Gasteiger partial charge on any atom is -0.480 e. The van der Waals surface area contributed by atoms with Gasteiger partial charge in [-0.3, -0.25) is 14.4 Å². The van der Waals surface area contributed by atoms with Crippen LogP contribution in [0.1, 0.15) is 24.2 Å². The van der Waals surface area contributed by atoms with Gasteiger partial charge in [0.25, 0.3) is 0 Å². The maximum Gasteiger partial charge on any atom is 0.317 e. The molecule has 0 spiro atoms. The van der Waals surface area contributed by atoms with E-state index in [9.17, 15) is 4.79 Å². The number of nitrogens with one attached hydrogen (secondary N) is 1. The molecule has 21 heavy (non-hydrogen) atoms. The molecule has 1 fully saturated rings. The molecule has 1 aromatic rings. The van der Waals surface area contributed by atoms with Crippen molar-refractivity contribution in [2.75, 3.05) is 26.2 Å². The van der Waals surface area contributed by atoms with Gasteiger partial charge in [0.05, 0.1) is 23.0 Å². The summed E-state index contributed by atoms with van der Waals surface area (Å²) in [4.78, 5) is 12.9. The number of likely N-dealkylation sites (tertiary alicyclic amines) is 1. The van der Waals surface area contributed by atoms with Crippen LogP contribution in [0.2, 0.25) is 5.02 Å². The van der Waals surface area contributed by atoms with Gasteiger partial charge < -0.3 is 10.4 Å². The molecule has 1 saturated heterocycles. The maximum atomic E-state index is 10.5. The Morgan fingerprint density at radius 2 is 2.33 bits per heavy atom. The summed E-state index contributed by atoms with van der Waals surface area (Å²) >= 11 is 6.30. The molecule has 0 radical (unpaired) electrons. The van der Waals surface area contributed by atoms with Crippen LogP contribution in [0.25, 0.3) is 0 Å². The van der Waals surface area contributed by atoms with Crippen LogP contribution in [0.4, 0.5) is 0 Å². The number of nitrogens with zero attached hydrogens (tertiary/aromatic N) is 3. The van der Waals surface area contributed by atoms with Gasteiger partial charge in [0.1, 0.15) is 0 Å². The lowest BCUT2D eigenvalue weighted by Crippen LogP contribution is -2.40. The Bertz CT molecular complexity index is 503. The molecule has 0 aliphatic carbocycles. The van der Waals surface area contributed by atoms with Crippen molar-refractivity contribution in [1.82, 2.24) is 20.0 Å². The van der Waals surface area contributed by atoms with Gasteiger partial charge in [-0.25, -0.2) is 0 Å². The van der Waals surface area contributed by atoms with E-state index in [-0.39, 0.29) is 6.54 Å². The van der Waals surface area contributed by atoms with Crippen molar-refractivity contribution in [2.24, 2.45) is 13.0 Å². The minimum atomic E-state index is -0.806. The zero-order chi connectivity index (χ0) is 15.4. The summed E-state index contributed by atoms with van der Waals surface area (Å²) in [6.45, 7) is 5.51. The molecular weight excluding hydrogens is 292 g/mol. The number of piperidine rings is 1. The Labute approximate surface area is 130 Å². The van der Waals surface area contributed by atoms with Crippen LogP contribution in [0, 0.1) is 12.8 Å². The maximum absolute atomic E-state index is 10.5. The second-order valence-corrected chi connectivity index (χ2v) is 6.12. The molecule has 1 aromatic heterocycles. The van der Waals surface area contributed by atoms with E-state index in [1.165, 1.54) is 0 Å². The molecule has 1 aliphatic heterocycles. The molecule has 2 heterocycles. The number of hydrogen-bond donors (Lipinski definition) is 2. The van der Waals surface area contributed by atoms with E-state index < -0.39 is 5.97 Å². The molecule has 1 aliphatic rings. The average Bonchev–Trinajstić information content (AvgIpc) is 2.66. The van der Waals surface area contributed by atoms with Gasteiger partial charge in [0.2, 0.25) is 0 Å². The Hall–Kier alpha value is -1.11. The highest BCUT2D eigenvalue weighted by Crippen LogP contribution is 2.23. The highest BCUT2D eigenvalue weighted by Gasteiger charge is 2.22. The van der Waals surface area contributed by atoms with E-state index >= 15 is 0 Å². The normalized spacial score (nSPS) is 19.9. The molecule has 6 nitrogen and oxygen atoms in total. The highest BCUT2D eigenvalue weighted by atomic mass is 35.5. The number of hydrogen-bond acceptors (Lipinski definition) is 4. The van der Waals surface area contributed by atoms with E-state index in [1.807, 2.05) is 18.7 Å². The molecule has 2 rings (SSSR count). The highest BCUT2D eigenvalue weighted by molar-refractivity contribution is 6.31. The lowest BCUT2D eigenvalue weighted by Gasteiger charge is -2.32. The number of aryl methyl sites for hydroxylation is 2. The van der Waals surface area contributed by atoms with E-state index in [0.29, 0.717) is 5.92 Å². The van der Waals surface area contributed by atoms with E-state index in [0.717, 1.165) is 55.4 Å². The first-order valence-electron chi connectivity index (χ1n) is 7.30. The summed E-state index contributed by atoms with van der Waals surface area (Å²) in [5.41, 5.74) is 1.92. The fourth-order valence-corrected chi connectivity index (χ4v) is 3.13. The van der Waals surface area contributed by atoms with Gasteiger partial charge in [-0.1, -0.05) is 11.6 Å². The van der Waals surface area contributed by atoms with Crippen molar-refractivity contribution in [3.63, 3.8) is 0 Å². The Morgan fingerprint density at radius 1 is 1.57 bits per heavy atom. The summed E-state index contributed by atoms with van der Waals surface area (Å²) in [6.07, 6.45) is 2.27. The fraction of sp³-hybridized carbons (Fsp3) is 0.714. The molecule has 2 N–H and O–H groups in total. The van der Waals surface area contributed by atoms with Crippen molar-refractivity contribution in [2.45, 2.75) is 26.3 Å². The summed E-state index contributed by atoms with van der Waals surface area (Å²) in [5.74, 6) is -0.314. The molecule has 1 unspecified atom stereocenters. The van der Waals surface area contributed by atoms with Crippen LogP contribution in [0.5, 0.6) is 0 Å². The summed E-state index contributed by atoms with van der Waals surface area (Å²) in [7, 11) is 1.92. The summed E-state index contributed by atoms with van der Waals surface area (Å²) in [5, 5.41) is 16.7. The summed E-state index contributed by atoms with van der Waals surface area (Å²) in [6, 6.07) is 0. The first-order valence-corrected chi connectivity index (χ1v) is 7.68. The second-order valence-electron chi connectivity index (χ2n) is 5.74. The largest absolute Gasteiger partial charge is 0.480 e. The van der Waals surface area contributed by atoms with E-state index in [4.69, 9.17) is 16.7 Å². The molecule has 118 valence electrons. The Morgan fingerprint density at radius 3 is 2.95 bits per heavy atom. The van der Waals surface area contributed by atoms with Gasteiger partial charge in [0, 0.05) is 20.1 Å². The first kappa shape index (κ1) is 16.3. The fourth-order valence-electron chi connectivity index (χ4n) is 2.91. The zero-order valence-electron chi connectivity index (χ0n) is 12.6. The summed E-state index contributed by atoms with van der Waals surface area (Å²) < 4.78 is 1.85. The number of aliphatic carboxylic acids is 1. The van der Waals surface area contributed by atoms with Gasteiger partial charge in [-0.05, 0) is 38.8 Å². The number of rotatable bonds is 6. The third-order valence-electron chi connectivity index (χ3n) is 3.95. The van der Waals surface area contributed by atoms with Gasteiger partial charge >= 0.3 is 5.97 Å². The molecule has 1 atom stereocenters. The number of carbonyl (C=O) groups is 1. The van der Waals surface area contributed by atoms with Gasteiger partial charge in [-0.15, -0.1) is 0 Å². The third kappa shape index (κ3) is 4.43. The zero-order valence-corrected chi connectivity index (χ0v) is 13.4. The van der Waals surface area contributed by atoms with Crippen LogP contribution >= 0.6 is 11.6 Å². The van der Waals surface area contributed by atoms with Gasteiger partial charge in [-0.2, -0.15) is 5.10 Å². The predicted molar refractivity (Wildman–Crippen MR) is 81.5 cm³/mol. The molecule has 0 saturated carbocycles. The second kappa shape index (κ2) is 7.24. The molecule has 7 heteroatoms. The third-order valence-corrected chi connectivity index (χ3v) is 4.44. The van der Waals surface area contributed by atoms with Gasteiger partial charge in [0.15, 0.2) is 0 Å². The lowest BCUT2D eigenvalue weighted by molar-refractivity contribution is -0.136. The van der Waals surface area contributed by atoms with Crippen molar-refractivity contribution in [3.05, 3.63) is 16.4 Å². The van der Waals surface area contributed by atoms with Crippen LogP contribution < -0.4 is 5.32 Å². The Kier molecular flexibility index (Phi) is 5.61. The van der Waals surface area contributed by atoms with E-state index in [1.54, 1.807) is 0 Å². The monoisotopic (exact) mass is 314 g/mol. The van der Waals surface area contributed by atoms with E-state index in [2.05, 4.69) is 15.3 Å². The average molecular weight is 315 g/mol. The molecule has 0 aromatic carbocycles. The molecule has 0 amide bonds.